The zero-order valence-electron chi connectivity index (χ0n) is 12.5. The summed E-state index contributed by atoms with van der Waals surface area (Å²) >= 11 is 0. The summed E-state index contributed by atoms with van der Waals surface area (Å²) in [6, 6.07) is 10.1. The number of hydrogen-bond acceptors (Lipinski definition) is 4. The van der Waals surface area contributed by atoms with Crippen LogP contribution in [0.2, 0.25) is 0 Å². The third kappa shape index (κ3) is 1.97. The molecule has 4 rings (SSSR count). The monoisotopic (exact) mass is 294 g/mol. The highest BCUT2D eigenvalue weighted by Gasteiger charge is 2.42. The average molecular weight is 294 g/mol. The van der Waals surface area contributed by atoms with E-state index >= 15 is 0 Å². The van der Waals surface area contributed by atoms with Gasteiger partial charge in [0.1, 0.15) is 11.6 Å². The highest BCUT2D eigenvalue weighted by Crippen LogP contribution is 2.42. The van der Waals surface area contributed by atoms with Crippen LogP contribution >= 0.6 is 0 Å². The standard InChI is InChI=1S/C18H18N2O2/c19-10-15-16(21)9-13-3-1-2-4-14(13)17(15)20-7-5-18(6-8-20)11-22-12-18/h1-4H,5-9,11-12H2. The molecule has 2 fully saturated rings. The fraction of sp³-hybridized carbons (Fsp3) is 0.444. The molecule has 0 amide bonds. The van der Waals surface area contributed by atoms with Gasteiger partial charge in [-0.25, -0.2) is 0 Å². The van der Waals surface area contributed by atoms with Gasteiger partial charge in [-0.3, -0.25) is 4.79 Å². The van der Waals surface area contributed by atoms with Crippen molar-refractivity contribution in [1.82, 2.24) is 4.90 Å². The van der Waals surface area contributed by atoms with Crippen LogP contribution in [0.3, 0.4) is 0 Å². The third-order valence-electron chi connectivity index (χ3n) is 5.21. The summed E-state index contributed by atoms with van der Waals surface area (Å²) in [5.41, 5.74) is 3.62. The van der Waals surface area contributed by atoms with Gasteiger partial charge in [-0.1, -0.05) is 24.3 Å². The molecule has 1 spiro atoms. The van der Waals surface area contributed by atoms with Gasteiger partial charge >= 0.3 is 0 Å². The Hall–Kier alpha value is -2.12. The van der Waals surface area contributed by atoms with Crippen LogP contribution in [0.1, 0.15) is 24.0 Å². The minimum atomic E-state index is -0.0523. The van der Waals surface area contributed by atoms with E-state index in [2.05, 4.69) is 11.0 Å². The van der Waals surface area contributed by atoms with Crippen molar-refractivity contribution in [2.24, 2.45) is 5.41 Å². The molecule has 1 aromatic rings. The van der Waals surface area contributed by atoms with Gasteiger partial charge in [0.25, 0.3) is 0 Å². The Bertz CT molecular complexity index is 700. The van der Waals surface area contributed by atoms with E-state index in [1.807, 2.05) is 24.3 Å². The fourth-order valence-electron chi connectivity index (χ4n) is 3.76. The highest BCUT2D eigenvalue weighted by atomic mass is 16.5. The number of allylic oxidation sites excluding steroid dienone is 1. The van der Waals surface area contributed by atoms with E-state index in [1.165, 1.54) is 0 Å². The van der Waals surface area contributed by atoms with E-state index in [4.69, 9.17) is 4.74 Å². The predicted molar refractivity (Wildman–Crippen MR) is 81.7 cm³/mol. The lowest BCUT2D eigenvalue weighted by Gasteiger charge is -2.48. The Morgan fingerprint density at radius 2 is 1.91 bits per heavy atom. The second-order valence-electron chi connectivity index (χ2n) is 6.57. The lowest BCUT2D eigenvalue weighted by atomic mass is 9.76. The first-order valence-electron chi connectivity index (χ1n) is 7.81. The van der Waals surface area contributed by atoms with Crippen molar-refractivity contribution in [3.05, 3.63) is 41.0 Å². The number of piperidine rings is 1. The number of likely N-dealkylation sites (tertiary alicyclic amines) is 1. The van der Waals surface area contributed by atoms with Crippen molar-refractivity contribution < 1.29 is 9.53 Å². The van der Waals surface area contributed by atoms with Gasteiger partial charge in [0.15, 0.2) is 5.78 Å². The number of hydrogen-bond donors (Lipinski definition) is 0. The van der Waals surface area contributed by atoms with Crippen LogP contribution in [-0.4, -0.2) is 37.0 Å². The van der Waals surface area contributed by atoms with Gasteiger partial charge in [0, 0.05) is 30.5 Å². The van der Waals surface area contributed by atoms with Crippen LogP contribution in [0.15, 0.2) is 29.8 Å². The summed E-state index contributed by atoms with van der Waals surface area (Å²) in [5.74, 6) is -0.0523. The molecule has 0 aromatic heterocycles. The second kappa shape index (κ2) is 4.96. The maximum absolute atomic E-state index is 12.3. The number of ether oxygens (including phenoxy) is 1. The zero-order valence-corrected chi connectivity index (χ0v) is 12.5. The van der Waals surface area contributed by atoms with E-state index < -0.39 is 0 Å². The van der Waals surface area contributed by atoms with Gasteiger partial charge < -0.3 is 9.64 Å². The first-order valence-corrected chi connectivity index (χ1v) is 7.81. The fourth-order valence-corrected chi connectivity index (χ4v) is 3.76. The number of Topliss-reactive ketones (excluding diaryl/α,β-unsaturated/α-hetero) is 1. The minimum absolute atomic E-state index is 0.0523. The van der Waals surface area contributed by atoms with Gasteiger partial charge in [0.2, 0.25) is 0 Å². The Morgan fingerprint density at radius 3 is 2.55 bits per heavy atom. The number of nitrogens with zero attached hydrogens (tertiary/aromatic N) is 2. The Labute approximate surface area is 130 Å². The van der Waals surface area contributed by atoms with Gasteiger partial charge in [-0.15, -0.1) is 0 Å². The Kier molecular flexibility index (Phi) is 3.05. The van der Waals surface area contributed by atoms with Crippen LogP contribution < -0.4 is 0 Å². The number of benzene rings is 1. The number of nitriles is 1. The van der Waals surface area contributed by atoms with Gasteiger partial charge in [0.05, 0.1) is 18.9 Å². The van der Waals surface area contributed by atoms with Crippen molar-refractivity contribution >= 4 is 11.5 Å². The molecular formula is C18H18N2O2. The summed E-state index contributed by atoms with van der Waals surface area (Å²) < 4.78 is 5.37. The largest absolute Gasteiger partial charge is 0.380 e. The molecule has 2 saturated heterocycles. The van der Waals surface area contributed by atoms with Crippen molar-refractivity contribution in [3.8, 4) is 6.07 Å². The third-order valence-corrected chi connectivity index (χ3v) is 5.21. The molecule has 2 heterocycles. The summed E-state index contributed by atoms with van der Waals surface area (Å²) in [4.78, 5) is 14.5. The van der Waals surface area contributed by atoms with Crippen LogP contribution in [0.25, 0.3) is 5.70 Å². The number of rotatable bonds is 1. The molecule has 2 aliphatic heterocycles. The molecule has 3 aliphatic rings. The number of carbonyl (C=O) groups excluding carboxylic acids is 1. The molecule has 112 valence electrons. The Morgan fingerprint density at radius 1 is 1.18 bits per heavy atom. The molecule has 0 saturated carbocycles. The number of ketones is 1. The van der Waals surface area contributed by atoms with E-state index in [1.54, 1.807) is 0 Å². The van der Waals surface area contributed by atoms with Crippen molar-refractivity contribution in [2.75, 3.05) is 26.3 Å². The second-order valence-corrected chi connectivity index (χ2v) is 6.57. The van der Waals surface area contributed by atoms with Crippen molar-refractivity contribution in [3.63, 3.8) is 0 Å². The number of carbonyl (C=O) groups is 1. The lowest BCUT2D eigenvalue weighted by Crippen LogP contribution is -2.50. The quantitative estimate of drug-likeness (QED) is 0.796. The lowest BCUT2D eigenvalue weighted by molar-refractivity contribution is -0.135. The molecule has 22 heavy (non-hydrogen) atoms. The summed E-state index contributed by atoms with van der Waals surface area (Å²) in [7, 11) is 0. The summed E-state index contributed by atoms with van der Waals surface area (Å²) in [6.07, 6.45) is 2.49. The first-order chi connectivity index (χ1) is 10.7. The van der Waals surface area contributed by atoms with Crippen molar-refractivity contribution in [1.29, 1.82) is 5.26 Å². The molecule has 4 heteroatoms. The molecular weight excluding hydrogens is 276 g/mol. The SMILES string of the molecule is N#CC1=C(N2CCC3(CC2)COC3)c2ccccc2CC1=O. The first kappa shape index (κ1) is 13.5. The molecule has 0 atom stereocenters. The van der Waals surface area contributed by atoms with E-state index in [0.29, 0.717) is 17.4 Å². The predicted octanol–water partition coefficient (Wildman–Crippen LogP) is 2.16. The normalized spacial score (nSPS) is 23.0. The maximum Gasteiger partial charge on any atom is 0.179 e. The van der Waals surface area contributed by atoms with Crippen molar-refractivity contribution in [2.45, 2.75) is 19.3 Å². The zero-order chi connectivity index (χ0) is 15.2. The van der Waals surface area contributed by atoms with Crippen LogP contribution in [-0.2, 0) is 16.0 Å². The van der Waals surface area contributed by atoms with Gasteiger partial charge in [-0.05, 0) is 18.4 Å². The van der Waals surface area contributed by atoms with E-state index in [-0.39, 0.29) is 5.78 Å². The summed E-state index contributed by atoms with van der Waals surface area (Å²) in [5, 5.41) is 9.47. The van der Waals surface area contributed by atoms with Crippen LogP contribution in [0.5, 0.6) is 0 Å². The van der Waals surface area contributed by atoms with E-state index in [0.717, 1.165) is 56.0 Å². The number of fused-ring (bicyclic) bond motifs is 1. The van der Waals surface area contributed by atoms with Crippen LogP contribution in [0.4, 0.5) is 0 Å². The molecule has 0 bridgehead atoms. The molecule has 4 nitrogen and oxygen atoms in total. The van der Waals surface area contributed by atoms with E-state index in [9.17, 15) is 10.1 Å². The smallest absolute Gasteiger partial charge is 0.179 e. The molecule has 0 unspecified atom stereocenters. The molecule has 1 aliphatic carbocycles. The highest BCUT2D eigenvalue weighted by molar-refractivity contribution is 6.09. The van der Waals surface area contributed by atoms with Crippen LogP contribution in [0, 0.1) is 16.7 Å². The Balaban J connectivity index is 1.71. The summed E-state index contributed by atoms with van der Waals surface area (Å²) in [6.45, 7) is 3.51. The maximum atomic E-state index is 12.3. The average Bonchev–Trinajstić information content (AvgIpc) is 2.52. The molecule has 0 N–H and O–H groups in total. The molecule has 0 radical (unpaired) electrons. The molecule has 1 aromatic carbocycles. The topological polar surface area (TPSA) is 53.3 Å². The van der Waals surface area contributed by atoms with Gasteiger partial charge in [-0.2, -0.15) is 5.26 Å². The minimum Gasteiger partial charge on any atom is -0.380 e.